The third-order valence-electron chi connectivity index (χ3n) is 5.26. The van der Waals surface area contributed by atoms with Gasteiger partial charge in [0.1, 0.15) is 11.3 Å². The van der Waals surface area contributed by atoms with Gasteiger partial charge in [-0.2, -0.15) is 0 Å². The molecule has 3 saturated heterocycles. The van der Waals surface area contributed by atoms with Crippen molar-refractivity contribution in [3.63, 3.8) is 0 Å². The molecule has 0 spiro atoms. The van der Waals surface area contributed by atoms with Gasteiger partial charge >= 0.3 is 0 Å². The van der Waals surface area contributed by atoms with Crippen LogP contribution in [0.3, 0.4) is 0 Å². The second kappa shape index (κ2) is 4.93. The fourth-order valence-corrected chi connectivity index (χ4v) is 4.12. The molecule has 2 aromatic heterocycles. The summed E-state index contributed by atoms with van der Waals surface area (Å²) in [6.45, 7) is 3.77. The minimum absolute atomic E-state index is 0.390. The first-order chi connectivity index (χ1) is 10.9. The van der Waals surface area contributed by atoms with Crippen molar-refractivity contribution in [1.29, 1.82) is 0 Å². The third kappa shape index (κ3) is 2.01. The molecule has 3 fully saturated rings. The van der Waals surface area contributed by atoms with Crippen LogP contribution in [0.1, 0.15) is 31.0 Å². The molecule has 3 aliphatic rings. The number of aromatic amines is 1. The highest BCUT2D eigenvalue weighted by atomic mass is 16.5. The van der Waals surface area contributed by atoms with Gasteiger partial charge < -0.3 is 19.9 Å². The molecular formula is C16H21N5O. The van der Waals surface area contributed by atoms with Crippen molar-refractivity contribution >= 4 is 16.9 Å². The van der Waals surface area contributed by atoms with Crippen molar-refractivity contribution in [2.45, 2.75) is 37.3 Å². The number of anilines is 1. The van der Waals surface area contributed by atoms with Crippen LogP contribution in [0, 0.1) is 0 Å². The topological polar surface area (TPSA) is 66.1 Å². The Morgan fingerprint density at radius 1 is 1.18 bits per heavy atom. The highest BCUT2D eigenvalue weighted by molar-refractivity contribution is 5.86. The van der Waals surface area contributed by atoms with Crippen LogP contribution in [-0.4, -0.2) is 53.3 Å². The Labute approximate surface area is 129 Å². The van der Waals surface area contributed by atoms with E-state index in [2.05, 4.69) is 26.3 Å². The van der Waals surface area contributed by atoms with Gasteiger partial charge in [-0.1, -0.05) is 0 Å². The van der Waals surface area contributed by atoms with Crippen LogP contribution >= 0.6 is 0 Å². The van der Waals surface area contributed by atoms with Crippen molar-refractivity contribution in [1.82, 2.24) is 20.3 Å². The van der Waals surface area contributed by atoms with Crippen molar-refractivity contribution in [2.75, 3.05) is 31.2 Å². The van der Waals surface area contributed by atoms with Gasteiger partial charge in [-0.15, -0.1) is 0 Å². The SMILES string of the molecule is c1cc(N2CC3CCC(C2)N3)c2[nH]c(C3CCOC3)nc2n1. The summed E-state index contributed by atoms with van der Waals surface area (Å²) in [5.74, 6) is 1.42. The number of H-pyrrole nitrogens is 1. The highest BCUT2D eigenvalue weighted by Gasteiger charge is 2.33. The molecule has 2 bridgehead atoms. The molecule has 0 saturated carbocycles. The van der Waals surface area contributed by atoms with Gasteiger partial charge in [0.05, 0.1) is 12.3 Å². The van der Waals surface area contributed by atoms with Crippen molar-refractivity contribution in [2.24, 2.45) is 0 Å². The Kier molecular flexibility index (Phi) is 2.88. The second-order valence-electron chi connectivity index (χ2n) is 6.75. The number of ether oxygens (including phenoxy) is 1. The molecule has 2 N–H and O–H groups in total. The summed E-state index contributed by atoms with van der Waals surface area (Å²) in [5.41, 5.74) is 3.18. The average molecular weight is 299 g/mol. The van der Waals surface area contributed by atoms with E-state index in [0.29, 0.717) is 18.0 Å². The second-order valence-corrected chi connectivity index (χ2v) is 6.75. The van der Waals surface area contributed by atoms with E-state index in [1.54, 1.807) is 0 Å². The van der Waals surface area contributed by atoms with Gasteiger partial charge in [-0.05, 0) is 25.3 Å². The maximum absolute atomic E-state index is 5.49. The van der Waals surface area contributed by atoms with Gasteiger partial charge in [0.15, 0.2) is 5.65 Å². The van der Waals surface area contributed by atoms with Crippen LogP contribution in [-0.2, 0) is 4.74 Å². The zero-order chi connectivity index (χ0) is 14.5. The lowest BCUT2D eigenvalue weighted by atomic mass is 10.1. The van der Waals surface area contributed by atoms with Crippen LogP contribution in [0.5, 0.6) is 0 Å². The van der Waals surface area contributed by atoms with Crippen LogP contribution in [0.4, 0.5) is 5.69 Å². The molecule has 116 valence electrons. The normalized spacial score (nSPS) is 31.3. The predicted molar refractivity (Wildman–Crippen MR) is 84.2 cm³/mol. The van der Waals surface area contributed by atoms with E-state index < -0.39 is 0 Å². The van der Waals surface area contributed by atoms with E-state index in [4.69, 9.17) is 9.72 Å². The van der Waals surface area contributed by atoms with E-state index in [9.17, 15) is 0 Å². The zero-order valence-corrected chi connectivity index (χ0v) is 12.6. The Hall–Kier alpha value is -1.66. The Morgan fingerprint density at radius 2 is 2.05 bits per heavy atom. The number of aromatic nitrogens is 3. The van der Waals surface area contributed by atoms with Crippen molar-refractivity contribution in [3.05, 3.63) is 18.1 Å². The molecule has 5 heterocycles. The molecule has 6 heteroatoms. The number of imidazole rings is 1. The van der Waals surface area contributed by atoms with Crippen molar-refractivity contribution < 1.29 is 4.74 Å². The molecule has 3 unspecified atom stereocenters. The molecule has 5 rings (SSSR count). The van der Waals surface area contributed by atoms with Crippen molar-refractivity contribution in [3.8, 4) is 0 Å². The first-order valence-electron chi connectivity index (χ1n) is 8.30. The molecule has 2 aromatic rings. The maximum atomic E-state index is 5.49. The Morgan fingerprint density at radius 3 is 2.82 bits per heavy atom. The zero-order valence-electron chi connectivity index (χ0n) is 12.6. The Balaban J connectivity index is 1.53. The number of rotatable bonds is 2. The molecule has 3 aliphatic heterocycles. The van der Waals surface area contributed by atoms with Gasteiger partial charge in [0.25, 0.3) is 0 Å². The van der Waals surface area contributed by atoms with Gasteiger partial charge in [-0.3, -0.25) is 0 Å². The van der Waals surface area contributed by atoms with Gasteiger partial charge in [0, 0.05) is 43.9 Å². The molecular weight excluding hydrogens is 278 g/mol. The minimum atomic E-state index is 0.390. The van der Waals surface area contributed by atoms with E-state index in [1.165, 1.54) is 18.5 Å². The monoisotopic (exact) mass is 299 g/mol. The smallest absolute Gasteiger partial charge is 0.179 e. The summed E-state index contributed by atoms with van der Waals surface area (Å²) in [6, 6.07) is 3.39. The maximum Gasteiger partial charge on any atom is 0.179 e. The predicted octanol–water partition coefficient (Wildman–Crippen LogP) is 1.40. The van der Waals surface area contributed by atoms with E-state index >= 15 is 0 Å². The molecule has 0 amide bonds. The van der Waals surface area contributed by atoms with Crippen LogP contribution in [0.25, 0.3) is 11.2 Å². The van der Waals surface area contributed by atoms with Gasteiger partial charge in [-0.25, -0.2) is 9.97 Å². The molecule has 22 heavy (non-hydrogen) atoms. The molecule has 0 radical (unpaired) electrons. The number of pyridine rings is 1. The van der Waals surface area contributed by atoms with Crippen LogP contribution < -0.4 is 10.2 Å². The van der Waals surface area contributed by atoms with E-state index in [-0.39, 0.29) is 0 Å². The Bertz CT molecular complexity index is 681. The standard InChI is InChI=1S/C16H21N5O/c1-2-12-8-21(7-11(1)18-12)13-3-5-17-16-14(13)19-15(20-16)10-4-6-22-9-10/h3,5,10-12,18H,1-2,4,6-9H2,(H,17,19,20). The minimum Gasteiger partial charge on any atom is -0.381 e. The number of nitrogens with zero attached hydrogens (tertiary/aromatic N) is 3. The molecule has 3 atom stereocenters. The number of nitrogens with one attached hydrogen (secondary N) is 2. The number of hydrogen-bond donors (Lipinski definition) is 2. The summed E-state index contributed by atoms with van der Waals surface area (Å²) in [6.07, 6.45) is 5.52. The fraction of sp³-hybridized carbons (Fsp3) is 0.625. The lowest BCUT2D eigenvalue weighted by Gasteiger charge is -2.34. The van der Waals surface area contributed by atoms with Crippen LogP contribution in [0.15, 0.2) is 12.3 Å². The lowest BCUT2D eigenvalue weighted by molar-refractivity contribution is 0.193. The van der Waals surface area contributed by atoms with E-state index in [0.717, 1.165) is 49.7 Å². The lowest BCUT2D eigenvalue weighted by Crippen LogP contribution is -2.51. The molecule has 0 aromatic carbocycles. The number of fused-ring (bicyclic) bond motifs is 3. The largest absolute Gasteiger partial charge is 0.381 e. The van der Waals surface area contributed by atoms with Gasteiger partial charge in [0.2, 0.25) is 0 Å². The summed E-state index contributed by atoms with van der Waals surface area (Å²) < 4.78 is 5.49. The third-order valence-corrected chi connectivity index (χ3v) is 5.26. The fourth-order valence-electron chi connectivity index (χ4n) is 4.12. The summed E-state index contributed by atoms with van der Waals surface area (Å²) in [5, 5.41) is 3.69. The highest BCUT2D eigenvalue weighted by Crippen LogP contribution is 2.31. The summed E-state index contributed by atoms with van der Waals surface area (Å²) in [4.78, 5) is 15.2. The quantitative estimate of drug-likeness (QED) is 0.877. The van der Waals surface area contributed by atoms with Crippen LogP contribution in [0.2, 0.25) is 0 Å². The first kappa shape index (κ1) is 12.8. The first-order valence-corrected chi connectivity index (χ1v) is 8.30. The average Bonchev–Trinajstić information content (AvgIpc) is 3.25. The molecule has 6 nitrogen and oxygen atoms in total. The summed E-state index contributed by atoms with van der Waals surface area (Å²) in [7, 11) is 0. The van der Waals surface area contributed by atoms with E-state index in [1.807, 2.05) is 6.20 Å². The number of piperazine rings is 1. The molecule has 0 aliphatic carbocycles. The number of hydrogen-bond acceptors (Lipinski definition) is 5. The summed E-state index contributed by atoms with van der Waals surface area (Å²) >= 11 is 0.